The van der Waals surface area contributed by atoms with E-state index in [1.54, 1.807) is 0 Å². The predicted octanol–water partition coefficient (Wildman–Crippen LogP) is -0.0377. The standard InChI is InChI=1S/C3H2F3O4S/c4-3(5,6)11(8,9)10-2-1-7/h2H2. The van der Waals surface area contributed by atoms with Gasteiger partial charge in [0.15, 0.2) is 0 Å². The average molecular weight is 191 g/mol. The molecule has 0 N–H and O–H groups in total. The molecular weight excluding hydrogens is 189 g/mol. The van der Waals surface area contributed by atoms with Crippen LogP contribution in [0, 0.1) is 0 Å². The third-order valence-electron chi connectivity index (χ3n) is 0.556. The Bertz CT molecular complexity index is 227. The van der Waals surface area contributed by atoms with E-state index in [9.17, 15) is 26.4 Å². The third-order valence-corrected chi connectivity index (χ3v) is 1.55. The van der Waals surface area contributed by atoms with Gasteiger partial charge < -0.3 is 0 Å². The molecule has 0 amide bonds. The first-order valence-corrected chi connectivity index (χ1v) is 3.53. The smallest absolute Gasteiger partial charge is 0.288 e. The number of rotatable bonds is 3. The fourth-order valence-corrected chi connectivity index (χ4v) is 0.505. The van der Waals surface area contributed by atoms with Crippen LogP contribution < -0.4 is 0 Å². The van der Waals surface area contributed by atoms with E-state index in [2.05, 4.69) is 4.18 Å². The normalized spacial score (nSPS) is 13.0. The highest BCUT2D eigenvalue weighted by atomic mass is 32.2. The van der Waals surface area contributed by atoms with Crippen molar-refractivity contribution in [2.75, 3.05) is 6.61 Å². The van der Waals surface area contributed by atoms with Crippen molar-refractivity contribution >= 4 is 16.4 Å². The molecule has 0 spiro atoms. The van der Waals surface area contributed by atoms with Crippen LogP contribution in [0.4, 0.5) is 13.2 Å². The lowest BCUT2D eigenvalue weighted by atomic mass is 10.9. The van der Waals surface area contributed by atoms with Gasteiger partial charge in [-0.1, -0.05) is 0 Å². The first kappa shape index (κ1) is 10.4. The largest absolute Gasteiger partial charge is 0.523 e. The van der Waals surface area contributed by atoms with Crippen molar-refractivity contribution in [2.24, 2.45) is 0 Å². The molecule has 0 saturated carbocycles. The minimum atomic E-state index is -5.62. The molecule has 0 saturated heterocycles. The Kier molecular flexibility index (Phi) is 3.00. The minimum Gasteiger partial charge on any atom is -0.288 e. The van der Waals surface area contributed by atoms with Crippen LogP contribution in [0.3, 0.4) is 0 Å². The van der Waals surface area contributed by atoms with Gasteiger partial charge in [-0.05, 0) is 0 Å². The third kappa shape index (κ3) is 2.85. The maximum absolute atomic E-state index is 11.3. The molecule has 4 nitrogen and oxygen atoms in total. The van der Waals surface area contributed by atoms with E-state index in [1.807, 2.05) is 0 Å². The van der Waals surface area contributed by atoms with Crippen LogP contribution >= 0.6 is 0 Å². The van der Waals surface area contributed by atoms with Gasteiger partial charge in [-0.15, -0.1) is 0 Å². The summed E-state index contributed by atoms with van der Waals surface area (Å²) >= 11 is 0. The van der Waals surface area contributed by atoms with Crippen molar-refractivity contribution in [1.82, 2.24) is 0 Å². The zero-order valence-electron chi connectivity index (χ0n) is 4.88. The van der Waals surface area contributed by atoms with Crippen LogP contribution in [-0.2, 0) is 19.1 Å². The molecule has 0 aromatic rings. The molecule has 0 aliphatic rings. The lowest BCUT2D eigenvalue weighted by Crippen LogP contribution is -2.26. The zero-order chi connectivity index (χ0) is 9.12. The maximum atomic E-state index is 11.3. The van der Waals surface area contributed by atoms with Gasteiger partial charge in [0.2, 0.25) is 6.29 Å². The Labute approximate surface area is 60.1 Å². The SMILES string of the molecule is O=[C]COS(=O)(=O)C(F)(F)F. The topological polar surface area (TPSA) is 60.4 Å². The number of hydrogen-bond donors (Lipinski definition) is 0. The highest BCUT2D eigenvalue weighted by Gasteiger charge is 2.47. The van der Waals surface area contributed by atoms with Crippen molar-refractivity contribution in [1.29, 1.82) is 0 Å². The van der Waals surface area contributed by atoms with E-state index < -0.39 is 22.2 Å². The summed E-state index contributed by atoms with van der Waals surface area (Å²) < 4.78 is 56.9. The summed E-state index contributed by atoms with van der Waals surface area (Å²) in [4.78, 5) is 9.30. The molecule has 0 aromatic carbocycles. The molecule has 65 valence electrons. The van der Waals surface area contributed by atoms with Gasteiger partial charge in [-0.3, -0.25) is 8.98 Å². The molecule has 11 heavy (non-hydrogen) atoms. The summed E-state index contributed by atoms with van der Waals surface area (Å²) in [6, 6.07) is 0. The molecule has 0 aliphatic carbocycles. The molecule has 0 heterocycles. The Morgan fingerprint density at radius 3 is 2.09 bits per heavy atom. The van der Waals surface area contributed by atoms with Crippen molar-refractivity contribution in [3.05, 3.63) is 0 Å². The van der Waals surface area contributed by atoms with Crippen LogP contribution in [0.5, 0.6) is 0 Å². The van der Waals surface area contributed by atoms with Gasteiger partial charge in [0.1, 0.15) is 6.61 Å². The van der Waals surface area contributed by atoms with E-state index in [0.29, 0.717) is 0 Å². The van der Waals surface area contributed by atoms with Crippen LogP contribution in [-0.4, -0.2) is 26.8 Å². The summed E-state index contributed by atoms with van der Waals surface area (Å²) in [5, 5.41) is 0. The number of halogens is 3. The summed E-state index contributed by atoms with van der Waals surface area (Å²) in [6.07, 6.45) is 0.845. The average Bonchev–Trinajstić information content (AvgIpc) is 1.81. The molecule has 0 aromatic heterocycles. The van der Waals surface area contributed by atoms with Gasteiger partial charge in [-0.25, -0.2) is 0 Å². The minimum absolute atomic E-state index is 0.845. The molecule has 8 heteroatoms. The van der Waals surface area contributed by atoms with E-state index in [1.165, 1.54) is 0 Å². The fraction of sp³-hybridized carbons (Fsp3) is 0.667. The monoisotopic (exact) mass is 191 g/mol. The van der Waals surface area contributed by atoms with Crippen molar-refractivity contribution in [2.45, 2.75) is 5.51 Å². The summed E-state index contributed by atoms with van der Waals surface area (Å²) in [7, 11) is -5.62. The van der Waals surface area contributed by atoms with Gasteiger partial charge >= 0.3 is 15.6 Å². The summed E-state index contributed by atoms with van der Waals surface area (Å²) in [5.41, 5.74) is -5.48. The summed E-state index contributed by atoms with van der Waals surface area (Å²) in [5.74, 6) is 0. The second-order valence-electron chi connectivity index (χ2n) is 1.31. The highest BCUT2D eigenvalue weighted by molar-refractivity contribution is 7.87. The van der Waals surface area contributed by atoms with Crippen LogP contribution in [0.1, 0.15) is 0 Å². The molecule has 0 rings (SSSR count). The molecule has 0 fully saturated rings. The zero-order valence-corrected chi connectivity index (χ0v) is 5.70. The Morgan fingerprint density at radius 1 is 1.36 bits per heavy atom. The number of hydrogen-bond acceptors (Lipinski definition) is 4. The fourth-order valence-electron chi connectivity index (χ4n) is 0.168. The lowest BCUT2D eigenvalue weighted by Gasteiger charge is -2.04. The van der Waals surface area contributed by atoms with Gasteiger partial charge in [0.25, 0.3) is 0 Å². The Balaban J connectivity index is 4.37. The maximum Gasteiger partial charge on any atom is 0.523 e. The van der Waals surface area contributed by atoms with Crippen molar-refractivity contribution in [3.63, 3.8) is 0 Å². The van der Waals surface area contributed by atoms with Crippen LogP contribution in [0.15, 0.2) is 0 Å². The summed E-state index contributed by atoms with van der Waals surface area (Å²) in [6.45, 7) is -1.25. The van der Waals surface area contributed by atoms with E-state index in [4.69, 9.17) is 0 Å². The molecule has 1 radical (unpaired) electrons. The Morgan fingerprint density at radius 2 is 1.82 bits per heavy atom. The second-order valence-corrected chi connectivity index (χ2v) is 2.91. The van der Waals surface area contributed by atoms with E-state index in [-0.39, 0.29) is 0 Å². The van der Waals surface area contributed by atoms with E-state index in [0.717, 1.165) is 6.29 Å². The second kappa shape index (κ2) is 3.18. The Hall–Kier alpha value is -0.630. The molecular formula is C3H2F3O4S. The van der Waals surface area contributed by atoms with Crippen LogP contribution in [0.25, 0.3) is 0 Å². The first-order valence-electron chi connectivity index (χ1n) is 2.12. The predicted molar refractivity (Wildman–Crippen MR) is 26.6 cm³/mol. The highest BCUT2D eigenvalue weighted by Crippen LogP contribution is 2.23. The van der Waals surface area contributed by atoms with Crippen LogP contribution in [0.2, 0.25) is 0 Å². The van der Waals surface area contributed by atoms with Gasteiger partial charge in [-0.2, -0.15) is 21.6 Å². The quantitative estimate of drug-likeness (QED) is 0.464. The molecule has 0 atom stereocenters. The van der Waals surface area contributed by atoms with E-state index >= 15 is 0 Å². The van der Waals surface area contributed by atoms with Gasteiger partial charge in [0, 0.05) is 0 Å². The van der Waals surface area contributed by atoms with Crippen molar-refractivity contribution < 1.29 is 30.6 Å². The molecule has 0 bridgehead atoms. The van der Waals surface area contributed by atoms with Crippen molar-refractivity contribution in [3.8, 4) is 0 Å². The first-order chi connectivity index (χ1) is 4.81. The van der Waals surface area contributed by atoms with Gasteiger partial charge in [0.05, 0.1) is 0 Å². The lowest BCUT2D eigenvalue weighted by molar-refractivity contribution is -0.0532. The number of carbonyl (C=O) groups excluding carboxylic acids is 1. The molecule has 0 unspecified atom stereocenters. The molecule has 0 aliphatic heterocycles. The number of alkyl halides is 3.